The first kappa shape index (κ1) is 25.8. The van der Waals surface area contributed by atoms with Gasteiger partial charge in [-0.1, -0.05) is 30.3 Å². The molecule has 4 rings (SSSR count). The van der Waals surface area contributed by atoms with Gasteiger partial charge in [0.1, 0.15) is 23.5 Å². The molecule has 36 heavy (non-hydrogen) atoms. The highest BCUT2D eigenvalue weighted by Gasteiger charge is 2.64. The zero-order valence-electron chi connectivity index (χ0n) is 19.6. The van der Waals surface area contributed by atoms with Gasteiger partial charge in [-0.05, 0) is 19.4 Å². The van der Waals surface area contributed by atoms with Crippen LogP contribution in [0.3, 0.4) is 0 Å². The van der Waals surface area contributed by atoms with E-state index in [1.807, 2.05) is 0 Å². The van der Waals surface area contributed by atoms with E-state index in [1.54, 1.807) is 44.2 Å². The zero-order chi connectivity index (χ0) is 26.6. The van der Waals surface area contributed by atoms with Gasteiger partial charge in [-0.15, -0.1) is 11.8 Å². The summed E-state index contributed by atoms with van der Waals surface area (Å²) in [7, 11) is -3.87. The molecule has 3 fully saturated rings. The summed E-state index contributed by atoms with van der Waals surface area (Å²) in [4.78, 5) is 65.0. The number of carboxylic acid groups (broad SMARTS) is 1. The summed E-state index contributed by atoms with van der Waals surface area (Å²) in [5.41, 5.74) is 0.362. The van der Waals surface area contributed by atoms with E-state index in [0.717, 1.165) is 6.26 Å². The van der Waals surface area contributed by atoms with Crippen molar-refractivity contribution in [3.63, 3.8) is 0 Å². The summed E-state index contributed by atoms with van der Waals surface area (Å²) in [6.07, 6.45) is 0.850. The molecular weight excluding hydrogens is 514 g/mol. The Kier molecular flexibility index (Phi) is 6.41. The molecule has 0 radical (unpaired) electrons. The third-order valence-electron chi connectivity index (χ3n) is 6.25. The number of hydrogen-bond donors (Lipinski definition) is 3. The molecule has 1 aromatic rings. The average Bonchev–Trinajstić information content (AvgIpc) is 3.31. The van der Waals surface area contributed by atoms with Gasteiger partial charge in [0.2, 0.25) is 21.8 Å². The van der Waals surface area contributed by atoms with Gasteiger partial charge >= 0.3 is 18.0 Å². The molecule has 0 saturated carbocycles. The molecule has 4 atom stereocenters. The quantitative estimate of drug-likeness (QED) is 0.413. The molecule has 3 N–H and O–H groups in total. The fourth-order valence-corrected chi connectivity index (χ4v) is 6.96. The van der Waals surface area contributed by atoms with Crippen LogP contribution in [0.25, 0.3) is 0 Å². The Morgan fingerprint density at radius 2 is 1.78 bits per heavy atom. The van der Waals surface area contributed by atoms with Crippen molar-refractivity contribution in [2.24, 2.45) is 0 Å². The number of benzene rings is 1. The predicted octanol–water partition coefficient (Wildman–Crippen LogP) is -0.234. The lowest BCUT2D eigenvalue weighted by atomic mass is 9.95. The smallest absolute Gasteiger partial charge is 0.341 e. The highest BCUT2D eigenvalue weighted by Crippen LogP contribution is 2.50. The van der Waals surface area contributed by atoms with Crippen LogP contribution in [0.1, 0.15) is 25.5 Å². The van der Waals surface area contributed by atoms with Crippen molar-refractivity contribution in [1.29, 1.82) is 0 Å². The van der Waals surface area contributed by atoms with Gasteiger partial charge in [-0.25, -0.2) is 32.0 Å². The highest BCUT2D eigenvalue weighted by molar-refractivity contribution is 8.01. The van der Waals surface area contributed by atoms with Crippen molar-refractivity contribution in [3.8, 4) is 0 Å². The molecule has 3 heterocycles. The summed E-state index contributed by atoms with van der Waals surface area (Å²) in [6, 6.07) is 2.76. The van der Waals surface area contributed by atoms with Gasteiger partial charge in [0.05, 0.1) is 19.3 Å². The lowest BCUT2D eigenvalue weighted by Crippen LogP contribution is -2.71. The van der Waals surface area contributed by atoms with Crippen LogP contribution in [0, 0.1) is 0 Å². The lowest BCUT2D eigenvalue weighted by Gasteiger charge is -2.44. The molecule has 0 aromatic heterocycles. The van der Waals surface area contributed by atoms with E-state index < -0.39 is 68.1 Å². The fraction of sp³-hybridized carbons (Fsp3) is 0.476. The number of urea groups is 2. The van der Waals surface area contributed by atoms with Crippen LogP contribution in [-0.2, 0) is 24.4 Å². The van der Waals surface area contributed by atoms with Crippen LogP contribution in [0.4, 0.5) is 9.59 Å². The van der Waals surface area contributed by atoms with Crippen molar-refractivity contribution < 1.29 is 37.5 Å². The van der Waals surface area contributed by atoms with E-state index in [4.69, 9.17) is 0 Å². The Balaban J connectivity index is 1.51. The van der Waals surface area contributed by atoms with Gasteiger partial charge < -0.3 is 20.6 Å². The number of nitrogens with one attached hydrogen (secondary N) is 2. The van der Waals surface area contributed by atoms with E-state index in [0.29, 0.717) is 14.8 Å². The molecule has 3 aliphatic rings. The third-order valence-corrected chi connectivity index (χ3v) is 8.96. The number of fused-ring (bicyclic) bond motifs is 1. The van der Waals surface area contributed by atoms with Crippen molar-refractivity contribution in [2.75, 3.05) is 19.3 Å². The number of nitrogens with zero attached hydrogens (tertiary/aromatic N) is 3. The number of amides is 6. The van der Waals surface area contributed by atoms with Crippen LogP contribution in [0.15, 0.2) is 30.3 Å². The number of β-lactam (4-membered cyclic amide) rings is 1. The topological polar surface area (TPSA) is 173 Å². The molecule has 3 saturated heterocycles. The molecule has 6 amide bonds. The van der Waals surface area contributed by atoms with Crippen LogP contribution in [-0.4, -0.2) is 99.0 Å². The number of carboxylic acids is 1. The van der Waals surface area contributed by atoms with Crippen molar-refractivity contribution in [1.82, 2.24) is 24.7 Å². The maximum atomic E-state index is 13.3. The molecule has 0 unspecified atom stereocenters. The Bertz CT molecular complexity index is 1240. The number of aliphatic carboxylic acids is 1. The maximum Gasteiger partial charge on any atom is 0.341 e. The van der Waals surface area contributed by atoms with E-state index >= 15 is 0 Å². The Morgan fingerprint density at radius 3 is 2.33 bits per heavy atom. The molecule has 0 bridgehead atoms. The number of imide groups is 1. The first-order valence-corrected chi connectivity index (χ1v) is 13.6. The summed E-state index contributed by atoms with van der Waals surface area (Å²) >= 11 is 1.26. The second-order valence-electron chi connectivity index (χ2n) is 9.15. The number of thioether (sulfide) groups is 1. The number of rotatable bonds is 6. The SMILES string of the molecule is CC1(C)S[C@@H]2[C@H](NC(=O)[C@@H](NC(=O)N3CCN(S(C)(=O)=O)C3=O)c3ccccc3)C(=O)N2[C@H]1C(=O)O. The number of carbonyl (C=O) groups is 5. The van der Waals surface area contributed by atoms with Gasteiger partial charge in [0, 0.05) is 4.75 Å². The summed E-state index contributed by atoms with van der Waals surface area (Å²) in [5, 5.41) is 14.0. The van der Waals surface area contributed by atoms with E-state index in [-0.39, 0.29) is 13.1 Å². The van der Waals surface area contributed by atoms with E-state index in [1.165, 1.54) is 16.7 Å². The first-order chi connectivity index (χ1) is 16.7. The zero-order valence-corrected chi connectivity index (χ0v) is 21.2. The lowest BCUT2D eigenvalue weighted by molar-refractivity contribution is -0.161. The summed E-state index contributed by atoms with van der Waals surface area (Å²) < 4.78 is 23.3. The molecule has 13 nitrogen and oxygen atoms in total. The van der Waals surface area contributed by atoms with Gasteiger partial charge in [-0.2, -0.15) is 0 Å². The largest absolute Gasteiger partial charge is 0.480 e. The van der Waals surface area contributed by atoms with Crippen LogP contribution in [0.2, 0.25) is 0 Å². The van der Waals surface area contributed by atoms with E-state index in [9.17, 15) is 37.5 Å². The average molecular weight is 540 g/mol. The van der Waals surface area contributed by atoms with Gasteiger partial charge in [0.25, 0.3) is 0 Å². The minimum Gasteiger partial charge on any atom is -0.480 e. The third kappa shape index (κ3) is 4.36. The van der Waals surface area contributed by atoms with Crippen molar-refractivity contribution in [2.45, 2.75) is 42.1 Å². The fourth-order valence-electron chi connectivity index (χ4n) is 4.54. The number of carbonyl (C=O) groups excluding carboxylic acids is 4. The first-order valence-electron chi connectivity index (χ1n) is 10.9. The minimum atomic E-state index is -3.87. The highest BCUT2D eigenvalue weighted by atomic mass is 32.2. The Labute approximate surface area is 211 Å². The standard InChI is InChI=1S/C21H25N5O8S2/c1-21(2)14(18(29)30)26-16(28)13(17(26)35-21)22-15(27)12(11-7-5-4-6-8-11)23-19(31)24-9-10-25(20(24)32)36(3,33)34/h4-8,12-14,17H,9-10H2,1-3H3,(H,22,27)(H,23,31)(H,29,30)/t12-,13+,14-,17+/m0/s1. The molecule has 15 heteroatoms. The van der Waals surface area contributed by atoms with Crippen LogP contribution < -0.4 is 10.6 Å². The van der Waals surface area contributed by atoms with Gasteiger partial charge in [0.15, 0.2) is 0 Å². The molecule has 3 aliphatic heterocycles. The molecule has 1 aromatic carbocycles. The minimum absolute atomic E-state index is 0.193. The summed E-state index contributed by atoms with van der Waals surface area (Å²) in [5.74, 6) is -2.42. The van der Waals surface area contributed by atoms with E-state index in [2.05, 4.69) is 10.6 Å². The molecule has 0 spiro atoms. The second kappa shape index (κ2) is 8.96. The Hall–Kier alpha value is -3.33. The second-order valence-corrected chi connectivity index (χ2v) is 12.8. The molecule has 194 valence electrons. The summed E-state index contributed by atoms with van der Waals surface area (Å²) in [6.45, 7) is 3.02. The monoisotopic (exact) mass is 539 g/mol. The predicted molar refractivity (Wildman–Crippen MR) is 127 cm³/mol. The van der Waals surface area contributed by atoms with Crippen LogP contribution >= 0.6 is 11.8 Å². The van der Waals surface area contributed by atoms with Crippen molar-refractivity contribution >= 4 is 51.6 Å². The Morgan fingerprint density at radius 1 is 1.14 bits per heavy atom. The number of hydrogen-bond acceptors (Lipinski definition) is 8. The van der Waals surface area contributed by atoms with Gasteiger partial charge in [-0.3, -0.25) is 9.59 Å². The van der Waals surface area contributed by atoms with Crippen LogP contribution in [0.5, 0.6) is 0 Å². The molecule has 0 aliphatic carbocycles. The maximum absolute atomic E-state index is 13.3. The van der Waals surface area contributed by atoms with Crippen molar-refractivity contribution in [3.05, 3.63) is 35.9 Å². The molecular formula is C21H25N5O8S2. The number of sulfonamides is 1. The normalized spacial score (nSPS) is 25.8.